The zero-order chi connectivity index (χ0) is 10.4. The van der Waals surface area contributed by atoms with E-state index in [-0.39, 0.29) is 6.61 Å². The second kappa shape index (κ2) is 5.73. The van der Waals surface area contributed by atoms with Crippen LogP contribution in [0.15, 0.2) is 30.3 Å². The third-order valence-electron chi connectivity index (χ3n) is 1.91. The van der Waals surface area contributed by atoms with E-state index in [1.807, 2.05) is 30.3 Å². The molecular weight excluding hydrogens is 183 g/mol. The molecule has 2 nitrogen and oxygen atoms in total. The molecule has 1 aromatic rings. The fraction of sp³-hybridized carbons (Fsp3) is 0.455. The number of rotatable bonds is 5. The zero-order valence-electron chi connectivity index (χ0n) is 8.19. The molecule has 1 rings (SSSR count). The first-order chi connectivity index (χ1) is 6.70. The molecule has 0 heterocycles. The predicted octanol–water partition coefficient (Wildman–Crippen LogP) is 1.92. The SMILES string of the molecule is C[C@H](O)[C@@H](F)COCc1ccccc1. The van der Waals surface area contributed by atoms with E-state index >= 15 is 0 Å². The zero-order valence-corrected chi connectivity index (χ0v) is 8.19. The van der Waals surface area contributed by atoms with Gasteiger partial charge in [0, 0.05) is 0 Å². The average molecular weight is 198 g/mol. The lowest BCUT2D eigenvalue weighted by atomic mass is 10.2. The van der Waals surface area contributed by atoms with Crippen LogP contribution in [0.2, 0.25) is 0 Å². The van der Waals surface area contributed by atoms with Gasteiger partial charge in [0.05, 0.1) is 19.3 Å². The Labute approximate surface area is 83.3 Å². The number of aliphatic hydroxyl groups is 1. The first kappa shape index (κ1) is 11.1. The van der Waals surface area contributed by atoms with E-state index in [1.54, 1.807) is 0 Å². The average Bonchev–Trinajstić information content (AvgIpc) is 2.19. The third-order valence-corrected chi connectivity index (χ3v) is 1.91. The summed E-state index contributed by atoms with van der Waals surface area (Å²) in [4.78, 5) is 0. The van der Waals surface area contributed by atoms with Crippen LogP contribution >= 0.6 is 0 Å². The largest absolute Gasteiger partial charge is 0.390 e. The fourth-order valence-corrected chi connectivity index (χ4v) is 1.00. The van der Waals surface area contributed by atoms with Crippen LogP contribution in [0, 0.1) is 0 Å². The summed E-state index contributed by atoms with van der Waals surface area (Å²) >= 11 is 0. The molecule has 0 aliphatic rings. The lowest BCUT2D eigenvalue weighted by Gasteiger charge is -2.11. The van der Waals surface area contributed by atoms with Crippen molar-refractivity contribution in [3.8, 4) is 0 Å². The van der Waals surface area contributed by atoms with E-state index in [1.165, 1.54) is 6.92 Å². The molecule has 0 spiro atoms. The van der Waals surface area contributed by atoms with E-state index in [9.17, 15) is 4.39 Å². The summed E-state index contributed by atoms with van der Waals surface area (Å²) in [6.45, 7) is 1.73. The van der Waals surface area contributed by atoms with Crippen molar-refractivity contribution in [1.82, 2.24) is 0 Å². The summed E-state index contributed by atoms with van der Waals surface area (Å²) in [7, 11) is 0. The number of aliphatic hydroxyl groups excluding tert-OH is 1. The lowest BCUT2D eigenvalue weighted by Crippen LogP contribution is -2.23. The fourth-order valence-electron chi connectivity index (χ4n) is 1.00. The molecule has 1 aromatic carbocycles. The summed E-state index contributed by atoms with van der Waals surface area (Å²) in [6, 6.07) is 9.54. The first-order valence-electron chi connectivity index (χ1n) is 4.64. The van der Waals surface area contributed by atoms with Gasteiger partial charge < -0.3 is 9.84 Å². The van der Waals surface area contributed by atoms with Gasteiger partial charge in [-0.15, -0.1) is 0 Å². The van der Waals surface area contributed by atoms with Crippen LogP contribution in [-0.2, 0) is 11.3 Å². The minimum Gasteiger partial charge on any atom is -0.390 e. The lowest BCUT2D eigenvalue weighted by molar-refractivity contribution is 0.00929. The van der Waals surface area contributed by atoms with Crippen molar-refractivity contribution in [2.45, 2.75) is 25.8 Å². The van der Waals surface area contributed by atoms with Crippen molar-refractivity contribution >= 4 is 0 Å². The summed E-state index contributed by atoms with van der Waals surface area (Å²) in [5.41, 5.74) is 1.00. The van der Waals surface area contributed by atoms with Gasteiger partial charge in [-0.3, -0.25) is 0 Å². The Bertz CT molecular complexity index is 249. The smallest absolute Gasteiger partial charge is 0.149 e. The van der Waals surface area contributed by atoms with Crippen molar-refractivity contribution in [2.24, 2.45) is 0 Å². The number of halogens is 1. The van der Waals surface area contributed by atoms with Crippen molar-refractivity contribution < 1.29 is 14.2 Å². The van der Waals surface area contributed by atoms with E-state index in [2.05, 4.69) is 0 Å². The molecule has 0 amide bonds. The summed E-state index contributed by atoms with van der Waals surface area (Å²) in [6.07, 6.45) is -2.27. The van der Waals surface area contributed by atoms with Crippen molar-refractivity contribution in [2.75, 3.05) is 6.61 Å². The van der Waals surface area contributed by atoms with Crippen molar-refractivity contribution in [1.29, 1.82) is 0 Å². The maximum absolute atomic E-state index is 12.9. The molecule has 0 aliphatic carbocycles. The molecule has 0 radical (unpaired) electrons. The summed E-state index contributed by atoms with van der Waals surface area (Å²) in [5, 5.41) is 8.86. The number of alkyl halides is 1. The quantitative estimate of drug-likeness (QED) is 0.783. The molecule has 0 aliphatic heterocycles. The summed E-state index contributed by atoms with van der Waals surface area (Å²) in [5.74, 6) is 0. The van der Waals surface area contributed by atoms with E-state index in [0.717, 1.165) is 5.56 Å². The van der Waals surface area contributed by atoms with Gasteiger partial charge >= 0.3 is 0 Å². The molecule has 0 saturated heterocycles. The minimum atomic E-state index is -1.31. The highest BCUT2D eigenvalue weighted by atomic mass is 19.1. The monoisotopic (exact) mass is 198 g/mol. The molecule has 14 heavy (non-hydrogen) atoms. The van der Waals surface area contributed by atoms with Crippen molar-refractivity contribution in [3.05, 3.63) is 35.9 Å². The van der Waals surface area contributed by atoms with Gasteiger partial charge in [-0.05, 0) is 12.5 Å². The number of ether oxygens (including phenoxy) is 1. The molecule has 0 unspecified atom stereocenters. The third kappa shape index (κ3) is 3.85. The molecule has 2 atom stereocenters. The highest BCUT2D eigenvalue weighted by Crippen LogP contribution is 2.04. The molecular formula is C11H15FO2. The second-order valence-electron chi connectivity index (χ2n) is 3.26. The molecule has 3 heteroatoms. The molecule has 1 N–H and O–H groups in total. The van der Waals surface area contributed by atoms with E-state index in [4.69, 9.17) is 9.84 Å². The molecule has 0 fully saturated rings. The normalized spacial score (nSPS) is 15.1. The Morgan fingerprint density at radius 3 is 2.57 bits per heavy atom. The highest BCUT2D eigenvalue weighted by Gasteiger charge is 2.12. The standard InChI is InChI=1S/C11H15FO2/c1-9(13)11(12)8-14-7-10-5-3-2-4-6-10/h2-6,9,11,13H,7-8H2,1H3/t9-,11-/m0/s1. The maximum atomic E-state index is 12.9. The van der Waals surface area contributed by atoms with Crippen LogP contribution in [0.1, 0.15) is 12.5 Å². The van der Waals surface area contributed by atoms with Crippen LogP contribution in [0.5, 0.6) is 0 Å². The van der Waals surface area contributed by atoms with Gasteiger partial charge in [0.2, 0.25) is 0 Å². The van der Waals surface area contributed by atoms with Gasteiger partial charge in [0.25, 0.3) is 0 Å². The van der Waals surface area contributed by atoms with Gasteiger partial charge in [-0.1, -0.05) is 30.3 Å². The van der Waals surface area contributed by atoms with Crippen LogP contribution < -0.4 is 0 Å². The Hall–Kier alpha value is -0.930. The number of hydrogen-bond donors (Lipinski definition) is 1. The van der Waals surface area contributed by atoms with Gasteiger partial charge in [0.1, 0.15) is 6.17 Å². The van der Waals surface area contributed by atoms with Crippen LogP contribution in [0.4, 0.5) is 4.39 Å². The minimum absolute atomic E-state index is 0.0629. The van der Waals surface area contributed by atoms with E-state index < -0.39 is 12.3 Å². The van der Waals surface area contributed by atoms with Crippen LogP contribution in [0.25, 0.3) is 0 Å². The van der Waals surface area contributed by atoms with Crippen molar-refractivity contribution in [3.63, 3.8) is 0 Å². The Morgan fingerprint density at radius 2 is 2.00 bits per heavy atom. The molecule has 0 bridgehead atoms. The Morgan fingerprint density at radius 1 is 1.36 bits per heavy atom. The summed E-state index contributed by atoms with van der Waals surface area (Å²) < 4.78 is 18.0. The van der Waals surface area contributed by atoms with Crippen LogP contribution in [0.3, 0.4) is 0 Å². The molecule has 78 valence electrons. The number of hydrogen-bond acceptors (Lipinski definition) is 2. The number of benzene rings is 1. The predicted molar refractivity (Wildman–Crippen MR) is 52.7 cm³/mol. The maximum Gasteiger partial charge on any atom is 0.149 e. The first-order valence-corrected chi connectivity index (χ1v) is 4.64. The highest BCUT2D eigenvalue weighted by molar-refractivity contribution is 5.13. The van der Waals surface area contributed by atoms with Gasteiger partial charge in [-0.2, -0.15) is 0 Å². The van der Waals surface area contributed by atoms with Gasteiger partial charge in [-0.25, -0.2) is 4.39 Å². The molecule has 0 saturated carbocycles. The molecule has 0 aromatic heterocycles. The van der Waals surface area contributed by atoms with E-state index in [0.29, 0.717) is 6.61 Å². The van der Waals surface area contributed by atoms with Gasteiger partial charge in [0.15, 0.2) is 0 Å². The Balaban J connectivity index is 2.22. The Kier molecular flexibility index (Phi) is 4.56. The topological polar surface area (TPSA) is 29.5 Å². The second-order valence-corrected chi connectivity index (χ2v) is 3.26. The van der Waals surface area contributed by atoms with Crippen LogP contribution in [-0.4, -0.2) is 24.0 Å².